The number of allylic oxidation sites excluding steroid dienone is 1. The van der Waals surface area contributed by atoms with Crippen LogP contribution >= 0.6 is 11.3 Å². The molecule has 5 atom stereocenters. The summed E-state index contributed by atoms with van der Waals surface area (Å²) in [6, 6.07) is 13.5. The molecule has 2 aliphatic carbocycles. The van der Waals surface area contributed by atoms with Crippen molar-refractivity contribution in [2.24, 2.45) is 5.92 Å². The van der Waals surface area contributed by atoms with Gasteiger partial charge in [-0.25, -0.2) is 23.2 Å². The van der Waals surface area contributed by atoms with Gasteiger partial charge in [0.05, 0.1) is 30.1 Å². The Morgan fingerprint density at radius 1 is 0.970 bits per heavy atom. The standard InChI is InChI=1S/C50H61N7O8S2/c1-30(2)40-29-66-46(52-40)39-26-43(37-19-20-42(64-4)31(3)44(37)51-39)65-35-25-41-45(58)54-50(48(60)55-67(62,63)36-17-18-36)27-34(50)15-11-6-5-7-12-16-38(47(59)57(41)28-35)53-49(61)56-23-21-33(22-24-56)32-13-9-8-10-14-32/h8-11,13-15,19-20,26,29-30,33-36,38,41H,5-7,12,16-18,21-25,27-28H2,1-4H3,(H,53,61)(H,54,58)(H,55,60)/t34-,35-,38+,41+,50-/m1/s1. The van der Waals surface area contributed by atoms with Gasteiger partial charge in [-0.05, 0) is 87.8 Å². The molecule has 3 N–H and O–H groups in total. The molecule has 4 fully saturated rings. The van der Waals surface area contributed by atoms with Crippen LogP contribution in [0.3, 0.4) is 0 Å². The van der Waals surface area contributed by atoms with Gasteiger partial charge in [0.1, 0.15) is 45.9 Å². The zero-order valence-electron chi connectivity index (χ0n) is 38.7. The molecule has 2 saturated heterocycles. The van der Waals surface area contributed by atoms with E-state index in [0.29, 0.717) is 79.2 Å². The quantitative estimate of drug-likeness (QED) is 0.138. The van der Waals surface area contributed by atoms with E-state index in [1.807, 2.05) is 60.9 Å². The van der Waals surface area contributed by atoms with Gasteiger partial charge in [-0.2, -0.15) is 0 Å². The number of carbonyl (C=O) groups is 4. The van der Waals surface area contributed by atoms with E-state index >= 15 is 4.79 Å². The number of methoxy groups -OCH3 is 1. The van der Waals surface area contributed by atoms with Gasteiger partial charge in [0.2, 0.25) is 21.8 Å². The van der Waals surface area contributed by atoms with Crippen LogP contribution < -0.4 is 24.8 Å². The number of pyridine rings is 1. The van der Waals surface area contributed by atoms with E-state index in [1.54, 1.807) is 12.0 Å². The Hall–Kier alpha value is -5.55. The first kappa shape index (κ1) is 46.6. The molecule has 17 heteroatoms. The molecule has 2 aromatic heterocycles. The number of benzene rings is 2. The van der Waals surface area contributed by atoms with Crippen LogP contribution in [-0.4, -0.2) is 108 Å². The second kappa shape index (κ2) is 19.2. The lowest BCUT2D eigenvalue weighted by Crippen LogP contribution is -2.59. The molecule has 9 rings (SSSR count). The molecule has 2 aromatic carbocycles. The Balaban J connectivity index is 1.03. The molecule has 67 heavy (non-hydrogen) atoms. The Bertz CT molecular complexity index is 2660. The maximum absolute atomic E-state index is 15.1. The van der Waals surface area contributed by atoms with Crippen molar-refractivity contribution in [3.63, 3.8) is 0 Å². The molecule has 15 nitrogen and oxygen atoms in total. The highest BCUT2D eigenvalue weighted by atomic mass is 32.2. The molecule has 356 valence electrons. The minimum atomic E-state index is -3.92. The van der Waals surface area contributed by atoms with Crippen molar-refractivity contribution in [1.29, 1.82) is 0 Å². The number of amides is 5. The molecule has 2 saturated carbocycles. The number of aromatic nitrogens is 2. The number of fused-ring (bicyclic) bond motifs is 3. The van der Waals surface area contributed by atoms with Gasteiger partial charge in [0, 0.05) is 47.8 Å². The molecule has 0 bridgehead atoms. The zero-order valence-corrected chi connectivity index (χ0v) is 40.3. The molecule has 0 radical (unpaired) electrons. The molecule has 5 heterocycles. The van der Waals surface area contributed by atoms with Gasteiger partial charge in [0.25, 0.3) is 5.91 Å². The zero-order chi connectivity index (χ0) is 47.0. The Morgan fingerprint density at radius 2 is 1.75 bits per heavy atom. The van der Waals surface area contributed by atoms with Gasteiger partial charge in [0.15, 0.2) is 0 Å². The maximum atomic E-state index is 15.1. The summed E-state index contributed by atoms with van der Waals surface area (Å²) in [6.45, 7) is 7.19. The van der Waals surface area contributed by atoms with Crippen molar-refractivity contribution in [1.82, 2.24) is 35.1 Å². The largest absolute Gasteiger partial charge is 0.496 e. The average Bonchev–Trinajstić information content (AvgIpc) is 4.20. The first-order valence-corrected chi connectivity index (χ1v) is 26.2. The first-order chi connectivity index (χ1) is 32.2. The molecule has 5 amide bonds. The summed E-state index contributed by atoms with van der Waals surface area (Å²) in [6.07, 6.45) is 9.31. The second-order valence-electron chi connectivity index (χ2n) is 19.2. The summed E-state index contributed by atoms with van der Waals surface area (Å²) in [5.41, 5.74) is 2.75. The lowest BCUT2D eigenvalue weighted by Gasteiger charge is -2.34. The van der Waals surface area contributed by atoms with Gasteiger partial charge in [-0.3, -0.25) is 19.1 Å². The highest BCUT2D eigenvalue weighted by Gasteiger charge is 2.62. The predicted octanol–water partition coefficient (Wildman–Crippen LogP) is 7.11. The van der Waals surface area contributed by atoms with Crippen LogP contribution in [-0.2, 0) is 24.4 Å². The van der Waals surface area contributed by atoms with Crippen LogP contribution in [0.25, 0.3) is 21.6 Å². The van der Waals surface area contributed by atoms with Crippen LogP contribution in [0.1, 0.15) is 113 Å². The third-order valence-electron chi connectivity index (χ3n) is 14.2. The highest BCUT2D eigenvalue weighted by molar-refractivity contribution is 7.91. The molecule has 3 aliphatic heterocycles. The van der Waals surface area contributed by atoms with Crippen LogP contribution in [0.2, 0.25) is 0 Å². The third-order valence-corrected chi connectivity index (χ3v) is 16.9. The number of ether oxygens (including phenoxy) is 2. The van der Waals surface area contributed by atoms with Gasteiger partial charge >= 0.3 is 6.03 Å². The fourth-order valence-corrected chi connectivity index (χ4v) is 12.2. The Labute approximate surface area is 396 Å². The van der Waals surface area contributed by atoms with Crippen molar-refractivity contribution >= 4 is 56.0 Å². The first-order valence-electron chi connectivity index (χ1n) is 23.8. The number of hydrogen-bond acceptors (Lipinski definition) is 11. The topological polar surface area (TPSA) is 189 Å². The smallest absolute Gasteiger partial charge is 0.318 e. The summed E-state index contributed by atoms with van der Waals surface area (Å²) < 4.78 is 41.0. The average molecular weight is 952 g/mol. The third kappa shape index (κ3) is 9.90. The van der Waals surface area contributed by atoms with Crippen molar-refractivity contribution in [3.8, 4) is 22.2 Å². The number of nitrogens with one attached hydrogen (secondary N) is 3. The lowest BCUT2D eigenvalue weighted by atomic mass is 9.89. The number of hydrogen-bond donors (Lipinski definition) is 3. The number of urea groups is 1. The normalized spacial score (nSPS) is 25.1. The SMILES string of the molecule is COc1ccc2c(O[C@@H]3C[C@H]4C(=O)N[C@]5(C(=O)NS(=O)(=O)C6CC6)C[C@H]5C=CCCCCC[C@H](NC(=O)N5CCC(c6ccccc6)CC5)C(=O)N4C3)cc(-c3nc(C(C)C)cs3)nc2c1C. The van der Waals surface area contributed by atoms with E-state index in [2.05, 4.69) is 41.3 Å². The number of piperidine rings is 1. The monoisotopic (exact) mass is 951 g/mol. The minimum Gasteiger partial charge on any atom is -0.496 e. The second-order valence-corrected chi connectivity index (χ2v) is 22.0. The molecule has 0 unspecified atom stereocenters. The van der Waals surface area contributed by atoms with Crippen LogP contribution in [0.15, 0.2) is 66.1 Å². The van der Waals surface area contributed by atoms with Crippen molar-refractivity contribution in [2.75, 3.05) is 26.7 Å². The molecule has 0 spiro atoms. The van der Waals surface area contributed by atoms with Crippen LogP contribution in [0.5, 0.6) is 11.5 Å². The van der Waals surface area contributed by atoms with E-state index in [1.165, 1.54) is 21.8 Å². The summed E-state index contributed by atoms with van der Waals surface area (Å²) in [7, 11) is -2.31. The summed E-state index contributed by atoms with van der Waals surface area (Å²) in [5.74, 6) is -0.526. The number of aryl methyl sites for hydroxylation is 1. The van der Waals surface area contributed by atoms with Crippen molar-refractivity contribution in [3.05, 3.63) is 82.9 Å². The highest BCUT2D eigenvalue weighted by Crippen LogP contribution is 2.46. The lowest BCUT2D eigenvalue weighted by molar-refractivity contribution is -0.141. The summed E-state index contributed by atoms with van der Waals surface area (Å²) in [5, 5.41) is 8.88. The van der Waals surface area contributed by atoms with E-state index in [-0.39, 0.29) is 31.3 Å². The number of thiazole rings is 1. The maximum Gasteiger partial charge on any atom is 0.318 e. The van der Waals surface area contributed by atoms with E-state index in [4.69, 9.17) is 19.4 Å². The molecule has 4 aromatic rings. The predicted molar refractivity (Wildman–Crippen MR) is 256 cm³/mol. The van der Waals surface area contributed by atoms with Gasteiger partial charge in [-0.15, -0.1) is 11.3 Å². The van der Waals surface area contributed by atoms with Crippen LogP contribution in [0.4, 0.5) is 4.79 Å². The van der Waals surface area contributed by atoms with Crippen LogP contribution in [0, 0.1) is 12.8 Å². The number of carbonyl (C=O) groups excluding carboxylic acids is 4. The Morgan fingerprint density at radius 3 is 2.46 bits per heavy atom. The van der Waals surface area contributed by atoms with E-state index in [0.717, 1.165) is 41.9 Å². The molecular weight excluding hydrogens is 891 g/mol. The van der Waals surface area contributed by atoms with Crippen molar-refractivity contribution in [2.45, 2.75) is 132 Å². The molecular formula is C50H61N7O8S2. The Kier molecular flexibility index (Phi) is 13.4. The van der Waals surface area contributed by atoms with E-state index < -0.39 is 62.6 Å². The summed E-state index contributed by atoms with van der Waals surface area (Å²) >= 11 is 1.49. The van der Waals surface area contributed by atoms with E-state index in [9.17, 15) is 22.8 Å². The summed E-state index contributed by atoms with van der Waals surface area (Å²) in [4.78, 5) is 71.2. The van der Waals surface area contributed by atoms with Gasteiger partial charge < -0.3 is 29.9 Å². The minimum absolute atomic E-state index is 0.00732. The van der Waals surface area contributed by atoms with Crippen molar-refractivity contribution < 1.29 is 37.1 Å². The number of nitrogens with zero attached hydrogens (tertiary/aromatic N) is 4. The fraction of sp³-hybridized carbons (Fsp3) is 0.520. The number of sulfonamides is 1. The number of rotatable bonds is 10. The number of likely N-dealkylation sites (tertiary alicyclic amines) is 1. The van der Waals surface area contributed by atoms with Gasteiger partial charge in [-0.1, -0.05) is 69.2 Å². The fourth-order valence-electron chi connectivity index (χ4n) is 9.88. The molecule has 5 aliphatic rings.